The summed E-state index contributed by atoms with van der Waals surface area (Å²) >= 11 is 0. The Balaban J connectivity index is 0.000000200. The number of hydrogen-bond donors (Lipinski definition) is 0. The van der Waals surface area contributed by atoms with Crippen LogP contribution in [0.15, 0.2) is 37.5 Å². The van der Waals surface area contributed by atoms with Gasteiger partial charge in [0, 0.05) is 11.6 Å². The molecular formula is C15H20O5. The van der Waals surface area contributed by atoms with Gasteiger partial charge in [0.05, 0.1) is 6.61 Å². The molecule has 5 heteroatoms. The molecule has 1 aliphatic heterocycles. The van der Waals surface area contributed by atoms with Gasteiger partial charge in [-0.15, -0.1) is 0 Å². The maximum absolute atomic E-state index is 10.7. The van der Waals surface area contributed by atoms with Crippen molar-refractivity contribution < 1.29 is 23.8 Å². The molecule has 110 valence electrons. The second kappa shape index (κ2) is 7.05. The van der Waals surface area contributed by atoms with Gasteiger partial charge in [0.15, 0.2) is 0 Å². The molecule has 0 aromatic rings. The van der Waals surface area contributed by atoms with Gasteiger partial charge in [-0.05, 0) is 25.8 Å². The van der Waals surface area contributed by atoms with Crippen LogP contribution in [-0.4, -0.2) is 36.9 Å². The van der Waals surface area contributed by atoms with Crippen LogP contribution >= 0.6 is 0 Å². The normalized spacial score (nSPS) is 20.6. The van der Waals surface area contributed by atoms with Crippen LogP contribution in [-0.2, 0) is 23.8 Å². The number of carbonyl (C=O) groups is 2. The standard InChI is InChI=1S/C8H10O2.C7H10O3/c1-3-7(9)10-8(4-2)5-6-8;1-5(2)7(8)10-4-6-3-9-6/h3-4H,1-2,5-6H2;6H,1,3-4H2,2H3. The van der Waals surface area contributed by atoms with Crippen molar-refractivity contribution in [2.24, 2.45) is 0 Å². The monoisotopic (exact) mass is 280 g/mol. The predicted molar refractivity (Wildman–Crippen MR) is 74.0 cm³/mol. The molecule has 2 aliphatic rings. The number of ether oxygens (including phenoxy) is 3. The highest BCUT2D eigenvalue weighted by atomic mass is 16.6. The number of esters is 2. The molecule has 2 rings (SSSR count). The summed E-state index contributed by atoms with van der Waals surface area (Å²) in [7, 11) is 0. The van der Waals surface area contributed by atoms with Crippen molar-refractivity contribution in [3.8, 4) is 0 Å². The molecule has 0 N–H and O–H groups in total. The Morgan fingerprint density at radius 2 is 2.00 bits per heavy atom. The van der Waals surface area contributed by atoms with Crippen molar-refractivity contribution in [1.82, 2.24) is 0 Å². The van der Waals surface area contributed by atoms with Gasteiger partial charge in [0.2, 0.25) is 0 Å². The first kappa shape index (κ1) is 16.2. The Morgan fingerprint density at radius 3 is 2.35 bits per heavy atom. The SMILES string of the molecule is C=C(C)C(=O)OCC1CO1.C=CC(=O)OC1(C=C)CC1. The number of epoxide rings is 1. The molecule has 0 radical (unpaired) electrons. The summed E-state index contributed by atoms with van der Waals surface area (Å²) in [4.78, 5) is 21.3. The molecule has 1 heterocycles. The molecule has 1 atom stereocenters. The molecular weight excluding hydrogens is 260 g/mol. The van der Waals surface area contributed by atoms with Gasteiger partial charge in [0.1, 0.15) is 18.3 Å². The van der Waals surface area contributed by atoms with Crippen LogP contribution in [0.2, 0.25) is 0 Å². The number of carbonyl (C=O) groups excluding carboxylic acids is 2. The molecule has 0 aromatic heterocycles. The maximum atomic E-state index is 10.7. The third kappa shape index (κ3) is 5.84. The Kier molecular flexibility index (Phi) is 5.70. The molecule has 1 unspecified atom stereocenters. The van der Waals surface area contributed by atoms with Gasteiger partial charge in [-0.25, -0.2) is 9.59 Å². The van der Waals surface area contributed by atoms with Crippen molar-refractivity contribution in [2.75, 3.05) is 13.2 Å². The highest BCUT2D eigenvalue weighted by Crippen LogP contribution is 2.40. The van der Waals surface area contributed by atoms with E-state index in [2.05, 4.69) is 19.7 Å². The van der Waals surface area contributed by atoms with E-state index in [1.54, 1.807) is 13.0 Å². The quantitative estimate of drug-likeness (QED) is 0.322. The fraction of sp³-hybridized carbons (Fsp3) is 0.467. The predicted octanol–water partition coefficient (Wildman–Crippen LogP) is 1.94. The summed E-state index contributed by atoms with van der Waals surface area (Å²) in [5, 5.41) is 0. The highest BCUT2D eigenvalue weighted by molar-refractivity contribution is 5.86. The van der Waals surface area contributed by atoms with E-state index in [-0.39, 0.29) is 23.6 Å². The summed E-state index contributed by atoms with van der Waals surface area (Å²) in [5.74, 6) is -0.701. The van der Waals surface area contributed by atoms with Gasteiger partial charge in [-0.1, -0.05) is 19.7 Å². The Bertz CT molecular complexity index is 416. The lowest BCUT2D eigenvalue weighted by Gasteiger charge is -2.08. The third-order valence-electron chi connectivity index (χ3n) is 2.74. The molecule has 1 saturated carbocycles. The second-order valence-corrected chi connectivity index (χ2v) is 4.73. The Morgan fingerprint density at radius 1 is 1.40 bits per heavy atom. The molecule has 20 heavy (non-hydrogen) atoms. The summed E-state index contributed by atoms with van der Waals surface area (Å²) in [6, 6.07) is 0. The maximum Gasteiger partial charge on any atom is 0.333 e. The van der Waals surface area contributed by atoms with Crippen LogP contribution < -0.4 is 0 Å². The van der Waals surface area contributed by atoms with Crippen molar-refractivity contribution in [1.29, 1.82) is 0 Å². The highest BCUT2D eigenvalue weighted by Gasteiger charge is 2.43. The zero-order valence-electron chi connectivity index (χ0n) is 11.7. The van der Waals surface area contributed by atoms with E-state index in [4.69, 9.17) is 14.2 Å². The van der Waals surface area contributed by atoms with Crippen LogP contribution in [0, 0.1) is 0 Å². The fourth-order valence-electron chi connectivity index (χ4n) is 1.17. The minimum Gasteiger partial charge on any atom is -0.459 e. The first-order valence-corrected chi connectivity index (χ1v) is 6.35. The first-order valence-electron chi connectivity index (χ1n) is 6.35. The van der Waals surface area contributed by atoms with Crippen LogP contribution in [0.25, 0.3) is 0 Å². The van der Waals surface area contributed by atoms with E-state index >= 15 is 0 Å². The molecule has 0 bridgehead atoms. The van der Waals surface area contributed by atoms with Crippen LogP contribution in [0.1, 0.15) is 19.8 Å². The van der Waals surface area contributed by atoms with Crippen LogP contribution in [0.3, 0.4) is 0 Å². The molecule has 0 amide bonds. The average Bonchev–Trinajstić information content (AvgIpc) is 3.32. The summed E-state index contributed by atoms with van der Waals surface area (Å²) in [6.07, 6.45) is 4.78. The topological polar surface area (TPSA) is 65.1 Å². The van der Waals surface area contributed by atoms with E-state index in [0.29, 0.717) is 18.8 Å². The van der Waals surface area contributed by atoms with Crippen molar-refractivity contribution in [2.45, 2.75) is 31.5 Å². The number of hydrogen-bond acceptors (Lipinski definition) is 5. The van der Waals surface area contributed by atoms with Crippen LogP contribution in [0.5, 0.6) is 0 Å². The first-order chi connectivity index (χ1) is 9.42. The molecule has 1 aliphatic carbocycles. The van der Waals surface area contributed by atoms with Crippen molar-refractivity contribution >= 4 is 11.9 Å². The smallest absolute Gasteiger partial charge is 0.333 e. The summed E-state index contributed by atoms with van der Waals surface area (Å²) < 4.78 is 14.6. The van der Waals surface area contributed by atoms with Crippen molar-refractivity contribution in [3.05, 3.63) is 37.5 Å². The van der Waals surface area contributed by atoms with Gasteiger partial charge >= 0.3 is 11.9 Å². The second-order valence-electron chi connectivity index (χ2n) is 4.73. The van der Waals surface area contributed by atoms with Gasteiger partial charge in [-0.2, -0.15) is 0 Å². The lowest BCUT2D eigenvalue weighted by atomic mass is 10.3. The van der Waals surface area contributed by atoms with Gasteiger partial charge < -0.3 is 14.2 Å². The molecule has 0 aromatic carbocycles. The molecule has 1 saturated heterocycles. The summed E-state index contributed by atoms with van der Waals surface area (Å²) in [6.45, 7) is 13.0. The van der Waals surface area contributed by atoms with E-state index < -0.39 is 0 Å². The van der Waals surface area contributed by atoms with E-state index in [1.165, 1.54) is 6.08 Å². The van der Waals surface area contributed by atoms with Gasteiger partial charge in [0.25, 0.3) is 0 Å². The average molecular weight is 280 g/mol. The van der Waals surface area contributed by atoms with Gasteiger partial charge in [-0.3, -0.25) is 0 Å². The minimum atomic E-state index is -0.364. The van der Waals surface area contributed by atoms with Crippen molar-refractivity contribution in [3.63, 3.8) is 0 Å². The lowest BCUT2D eigenvalue weighted by molar-refractivity contribution is -0.142. The molecule has 5 nitrogen and oxygen atoms in total. The van der Waals surface area contributed by atoms with E-state index in [1.807, 2.05) is 0 Å². The third-order valence-corrected chi connectivity index (χ3v) is 2.74. The van der Waals surface area contributed by atoms with E-state index in [0.717, 1.165) is 12.8 Å². The zero-order valence-corrected chi connectivity index (χ0v) is 11.7. The molecule has 2 fully saturated rings. The summed E-state index contributed by atoms with van der Waals surface area (Å²) in [5.41, 5.74) is 0.0892. The zero-order chi connectivity index (χ0) is 15.2. The minimum absolute atomic E-state index is 0.142. The number of rotatable bonds is 6. The van der Waals surface area contributed by atoms with E-state index in [9.17, 15) is 9.59 Å². The largest absolute Gasteiger partial charge is 0.459 e. The Labute approximate surface area is 118 Å². The Hall–Kier alpha value is -1.88. The lowest BCUT2D eigenvalue weighted by Crippen LogP contribution is -2.14. The molecule has 0 spiro atoms. The fourth-order valence-corrected chi connectivity index (χ4v) is 1.17. The van der Waals surface area contributed by atoms with Crippen LogP contribution in [0.4, 0.5) is 0 Å².